The van der Waals surface area contributed by atoms with Crippen LogP contribution in [0.4, 0.5) is 0 Å². The van der Waals surface area contributed by atoms with Gasteiger partial charge in [0.15, 0.2) is 5.96 Å². The fraction of sp³-hybridized carbons (Fsp3) is 0.462. The number of guanidine groups is 1. The monoisotopic (exact) mass is 462 g/mol. The molecule has 21 heavy (non-hydrogen) atoms. The van der Waals surface area contributed by atoms with Crippen LogP contribution in [0.5, 0.6) is 0 Å². The third kappa shape index (κ3) is 7.17. The average molecular weight is 463 g/mol. The Morgan fingerprint density at radius 3 is 2.71 bits per heavy atom. The molecule has 0 saturated carbocycles. The molecule has 0 unspecified atom stereocenters. The predicted molar refractivity (Wildman–Crippen MR) is 107 cm³/mol. The van der Waals surface area contributed by atoms with Crippen molar-refractivity contribution in [1.82, 2.24) is 15.2 Å². The van der Waals surface area contributed by atoms with E-state index < -0.39 is 0 Å². The Kier molecular flexibility index (Phi) is 11.5. The summed E-state index contributed by atoms with van der Waals surface area (Å²) < 4.78 is 1.85. The number of aliphatic imine (C=N–C) groups is 1. The van der Waals surface area contributed by atoms with Gasteiger partial charge in [-0.3, -0.25) is 4.99 Å². The van der Waals surface area contributed by atoms with Crippen molar-refractivity contribution in [3.63, 3.8) is 0 Å². The smallest absolute Gasteiger partial charge is 0.191 e. The molecular weight excluding hydrogens is 442 g/mol. The molecule has 0 aromatic carbocycles. The Morgan fingerprint density at radius 1 is 1.48 bits per heavy atom. The van der Waals surface area contributed by atoms with Crippen molar-refractivity contribution in [2.45, 2.75) is 6.54 Å². The molecule has 120 valence electrons. The first-order valence-electron chi connectivity index (χ1n) is 6.23. The minimum atomic E-state index is 0. The van der Waals surface area contributed by atoms with Gasteiger partial charge in [-0.15, -0.1) is 30.6 Å². The van der Waals surface area contributed by atoms with Crippen LogP contribution in [0, 0.1) is 0 Å². The maximum absolute atomic E-state index is 6.03. The average Bonchev–Trinajstić information content (AvgIpc) is 2.69. The summed E-state index contributed by atoms with van der Waals surface area (Å²) >= 11 is 13.8. The molecule has 1 rings (SSSR count). The molecule has 2 N–H and O–H groups in total. The maximum Gasteiger partial charge on any atom is 0.191 e. The fourth-order valence-corrected chi connectivity index (χ4v) is 2.56. The van der Waals surface area contributed by atoms with E-state index in [1.165, 1.54) is 0 Å². The highest BCUT2D eigenvalue weighted by Crippen LogP contribution is 2.24. The van der Waals surface area contributed by atoms with Gasteiger partial charge in [0.2, 0.25) is 0 Å². The van der Waals surface area contributed by atoms with Crippen molar-refractivity contribution in [3.8, 4) is 0 Å². The van der Waals surface area contributed by atoms with Crippen molar-refractivity contribution < 1.29 is 0 Å². The number of hydrogen-bond acceptors (Lipinski definition) is 2. The predicted octanol–water partition coefficient (Wildman–Crippen LogP) is 3.53. The van der Waals surface area contributed by atoms with Gasteiger partial charge in [0.05, 0.1) is 11.6 Å². The van der Waals surface area contributed by atoms with Gasteiger partial charge in [-0.05, 0) is 6.07 Å². The second-order valence-corrected chi connectivity index (χ2v) is 5.96. The van der Waals surface area contributed by atoms with Crippen molar-refractivity contribution in [2.75, 3.05) is 25.1 Å². The van der Waals surface area contributed by atoms with Crippen LogP contribution >= 0.6 is 58.9 Å². The lowest BCUT2D eigenvalue weighted by atomic mass is 10.4. The highest BCUT2D eigenvalue weighted by atomic mass is 127. The third-order valence-corrected chi connectivity index (χ3v) is 4.46. The lowest BCUT2D eigenvalue weighted by Crippen LogP contribution is -2.38. The van der Waals surface area contributed by atoms with Crippen molar-refractivity contribution in [3.05, 3.63) is 34.6 Å². The van der Waals surface area contributed by atoms with E-state index in [9.17, 15) is 0 Å². The van der Waals surface area contributed by atoms with E-state index in [-0.39, 0.29) is 24.0 Å². The van der Waals surface area contributed by atoms with Gasteiger partial charge in [-0.1, -0.05) is 29.3 Å². The molecule has 0 fully saturated rings. The molecule has 0 aliphatic carbocycles. The number of nitrogens with one attached hydrogen (secondary N) is 2. The highest BCUT2D eigenvalue weighted by Gasteiger charge is 2.09. The van der Waals surface area contributed by atoms with E-state index >= 15 is 0 Å². The Morgan fingerprint density at radius 2 is 2.19 bits per heavy atom. The highest BCUT2D eigenvalue weighted by molar-refractivity contribution is 14.0. The summed E-state index contributed by atoms with van der Waals surface area (Å²) in [5.41, 5.74) is 1.00. The third-order valence-electron chi connectivity index (χ3n) is 2.65. The van der Waals surface area contributed by atoms with Gasteiger partial charge < -0.3 is 15.2 Å². The Balaban J connectivity index is 0.00000400. The van der Waals surface area contributed by atoms with E-state index in [1.54, 1.807) is 7.05 Å². The SMILES string of the molecule is C=CCSCCNC(=NC)NCc1cc(Cl)c(Cl)n1C.I. The fourth-order valence-electron chi connectivity index (χ4n) is 1.56. The molecule has 4 nitrogen and oxygen atoms in total. The van der Waals surface area contributed by atoms with E-state index in [2.05, 4.69) is 22.2 Å². The molecular formula is C13H21Cl2IN4S. The van der Waals surface area contributed by atoms with Crippen LogP contribution in [0.25, 0.3) is 0 Å². The van der Waals surface area contributed by atoms with Gasteiger partial charge in [0.25, 0.3) is 0 Å². The molecule has 1 heterocycles. The number of nitrogens with zero attached hydrogens (tertiary/aromatic N) is 2. The number of rotatable bonds is 7. The number of thioether (sulfide) groups is 1. The standard InChI is InChI=1S/C13H20Cl2N4S.HI/c1-4-6-20-7-5-17-13(16-2)18-9-10-8-11(14)12(15)19(10)3;/h4,8H,1,5-7,9H2,2-3H3,(H2,16,17,18);1H. The molecule has 1 aromatic heterocycles. The summed E-state index contributed by atoms with van der Waals surface area (Å²) in [6.07, 6.45) is 1.90. The van der Waals surface area contributed by atoms with Crippen LogP contribution in [0.1, 0.15) is 5.69 Å². The van der Waals surface area contributed by atoms with E-state index in [1.807, 2.05) is 35.5 Å². The van der Waals surface area contributed by atoms with E-state index in [0.717, 1.165) is 29.7 Å². The molecule has 0 saturated heterocycles. The summed E-state index contributed by atoms with van der Waals surface area (Å²) in [7, 11) is 3.63. The number of aromatic nitrogens is 1. The van der Waals surface area contributed by atoms with Crippen molar-refractivity contribution in [2.24, 2.45) is 12.0 Å². The summed E-state index contributed by atoms with van der Waals surface area (Å²) in [4.78, 5) is 4.17. The molecule has 0 bridgehead atoms. The molecule has 0 spiro atoms. The van der Waals surface area contributed by atoms with Crippen LogP contribution in [0.2, 0.25) is 10.2 Å². The first kappa shape index (κ1) is 20.9. The van der Waals surface area contributed by atoms with Gasteiger partial charge in [0, 0.05) is 37.8 Å². The summed E-state index contributed by atoms with van der Waals surface area (Å²) in [6, 6.07) is 1.85. The zero-order chi connectivity index (χ0) is 15.0. The Labute approximate surface area is 157 Å². The molecule has 0 amide bonds. The maximum atomic E-state index is 6.03. The normalized spacial score (nSPS) is 11.0. The quantitative estimate of drug-likeness (QED) is 0.214. The van der Waals surface area contributed by atoms with Crippen LogP contribution in [0.3, 0.4) is 0 Å². The van der Waals surface area contributed by atoms with E-state index in [4.69, 9.17) is 23.2 Å². The minimum Gasteiger partial charge on any atom is -0.356 e. The zero-order valence-electron chi connectivity index (χ0n) is 12.2. The Bertz CT molecular complexity index is 477. The van der Waals surface area contributed by atoms with E-state index in [0.29, 0.717) is 16.7 Å². The van der Waals surface area contributed by atoms with Gasteiger partial charge in [-0.2, -0.15) is 11.8 Å². The zero-order valence-corrected chi connectivity index (χ0v) is 16.8. The number of halogens is 3. The summed E-state index contributed by atoms with van der Waals surface area (Å²) in [5, 5.41) is 7.59. The summed E-state index contributed by atoms with van der Waals surface area (Å²) in [6.45, 7) is 5.16. The molecule has 8 heteroatoms. The van der Waals surface area contributed by atoms with Crippen molar-refractivity contribution >= 4 is 64.9 Å². The topological polar surface area (TPSA) is 41.4 Å². The van der Waals surface area contributed by atoms with Crippen LogP contribution < -0.4 is 10.6 Å². The number of hydrogen-bond donors (Lipinski definition) is 2. The first-order valence-corrected chi connectivity index (χ1v) is 8.14. The van der Waals surface area contributed by atoms with Gasteiger partial charge >= 0.3 is 0 Å². The lowest BCUT2D eigenvalue weighted by molar-refractivity contribution is 0.758. The largest absolute Gasteiger partial charge is 0.356 e. The van der Waals surface area contributed by atoms with Gasteiger partial charge in [-0.25, -0.2) is 0 Å². The molecule has 0 aliphatic rings. The van der Waals surface area contributed by atoms with Crippen molar-refractivity contribution in [1.29, 1.82) is 0 Å². The second kappa shape index (κ2) is 11.5. The minimum absolute atomic E-state index is 0. The molecule has 0 atom stereocenters. The molecule has 1 aromatic rings. The van der Waals surface area contributed by atoms with Crippen LogP contribution in [0.15, 0.2) is 23.7 Å². The second-order valence-electron chi connectivity index (χ2n) is 4.05. The van der Waals surface area contributed by atoms with Gasteiger partial charge in [0.1, 0.15) is 5.15 Å². The lowest BCUT2D eigenvalue weighted by Gasteiger charge is -2.12. The van der Waals surface area contributed by atoms with Crippen LogP contribution in [-0.4, -0.2) is 35.6 Å². The molecule has 0 aliphatic heterocycles. The first-order chi connectivity index (χ1) is 9.60. The summed E-state index contributed by atoms with van der Waals surface area (Å²) in [5.74, 6) is 2.74. The van der Waals surface area contributed by atoms with Crippen LogP contribution in [-0.2, 0) is 13.6 Å². The Hall–Kier alpha value is -0.0500. The molecule has 0 radical (unpaired) electrons.